The van der Waals surface area contributed by atoms with E-state index in [0.29, 0.717) is 34.6 Å². The van der Waals surface area contributed by atoms with Crippen molar-refractivity contribution >= 4 is 34.9 Å². The monoisotopic (exact) mass is 396 g/mol. The van der Waals surface area contributed by atoms with Gasteiger partial charge in [0.2, 0.25) is 0 Å². The van der Waals surface area contributed by atoms with Gasteiger partial charge in [0.25, 0.3) is 0 Å². The molecule has 1 aromatic carbocycles. The fourth-order valence-corrected chi connectivity index (χ4v) is 2.97. The number of halogens is 2. The molecule has 0 aliphatic carbocycles. The molecule has 26 heavy (non-hydrogen) atoms. The predicted octanol–water partition coefficient (Wildman–Crippen LogP) is 3.87. The van der Waals surface area contributed by atoms with Gasteiger partial charge in [0.1, 0.15) is 11.9 Å². The average Bonchev–Trinajstić information content (AvgIpc) is 2.64. The SMILES string of the molecule is COc1ccc(Cl)cc1NC(=O)N1CCC[C@@H](Oc2ncc(Cl)cn2)C1. The fourth-order valence-electron chi connectivity index (χ4n) is 2.70. The molecule has 1 N–H and O–H groups in total. The van der Waals surface area contributed by atoms with Gasteiger partial charge in [0.15, 0.2) is 0 Å². The van der Waals surface area contributed by atoms with Gasteiger partial charge < -0.3 is 19.7 Å². The van der Waals surface area contributed by atoms with E-state index in [1.165, 1.54) is 19.5 Å². The number of likely N-dealkylation sites (tertiary alicyclic amines) is 1. The highest BCUT2D eigenvalue weighted by molar-refractivity contribution is 6.31. The zero-order valence-corrected chi connectivity index (χ0v) is 15.6. The summed E-state index contributed by atoms with van der Waals surface area (Å²) < 4.78 is 11.0. The highest BCUT2D eigenvalue weighted by Crippen LogP contribution is 2.28. The van der Waals surface area contributed by atoms with Gasteiger partial charge in [-0.15, -0.1) is 0 Å². The maximum absolute atomic E-state index is 12.6. The lowest BCUT2D eigenvalue weighted by Crippen LogP contribution is -2.46. The van der Waals surface area contributed by atoms with Crippen LogP contribution in [-0.4, -0.2) is 47.2 Å². The Labute approximate surface area is 161 Å². The maximum Gasteiger partial charge on any atom is 0.322 e. The number of aromatic nitrogens is 2. The molecular weight excluding hydrogens is 379 g/mol. The fraction of sp³-hybridized carbons (Fsp3) is 0.353. The molecule has 1 fully saturated rings. The van der Waals surface area contributed by atoms with E-state index in [2.05, 4.69) is 15.3 Å². The van der Waals surface area contributed by atoms with Crippen molar-refractivity contribution in [3.63, 3.8) is 0 Å². The Hall–Kier alpha value is -2.25. The van der Waals surface area contributed by atoms with Gasteiger partial charge in [-0.1, -0.05) is 23.2 Å². The largest absolute Gasteiger partial charge is 0.495 e. The van der Waals surface area contributed by atoms with Crippen LogP contribution < -0.4 is 14.8 Å². The van der Waals surface area contributed by atoms with Crippen LogP contribution in [-0.2, 0) is 0 Å². The first kappa shape index (κ1) is 18.5. The number of amides is 2. The Morgan fingerprint density at radius 1 is 1.27 bits per heavy atom. The highest BCUT2D eigenvalue weighted by atomic mass is 35.5. The Morgan fingerprint density at radius 2 is 2.04 bits per heavy atom. The molecule has 1 aliphatic rings. The minimum absolute atomic E-state index is 0.183. The smallest absolute Gasteiger partial charge is 0.322 e. The van der Waals surface area contributed by atoms with Gasteiger partial charge >= 0.3 is 12.0 Å². The number of carbonyl (C=O) groups excluding carboxylic acids is 1. The van der Waals surface area contributed by atoms with E-state index in [1.54, 1.807) is 23.1 Å². The van der Waals surface area contributed by atoms with E-state index in [0.717, 1.165) is 12.8 Å². The molecule has 9 heteroatoms. The molecule has 0 bridgehead atoms. The minimum Gasteiger partial charge on any atom is -0.495 e. The zero-order chi connectivity index (χ0) is 18.5. The van der Waals surface area contributed by atoms with Crippen LogP contribution in [0.2, 0.25) is 10.0 Å². The maximum atomic E-state index is 12.6. The summed E-state index contributed by atoms with van der Waals surface area (Å²) in [5.41, 5.74) is 0.522. The summed E-state index contributed by atoms with van der Waals surface area (Å²) in [7, 11) is 1.54. The molecule has 1 saturated heterocycles. The first-order valence-corrected chi connectivity index (χ1v) is 8.84. The van der Waals surface area contributed by atoms with Gasteiger partial charge in [-0.2, -0.15) is 0 Å². The van der Waals surface area contributed by atoms with Crippen molar-refractivity contribution in [3.8, 4) is 11.8 Å². The summed E-state index contributed by atoms with van der Waals surface area (Å²) in [6.45, 7) is 1.07. The lowest BCUT2D eigenvalue weighted by atomic mass is 10.1. The summed E-state index contributed by atoms with van der Waals surface area (Å²) >= 11 is 11.8. The number of urea groups is 1. The number of methoxy groups -OCH3 is 1. The predicted molar refractivity (Wildman–Crippen MR) is 99.3 cm³/mol. The summed E-state index contributed by atoms with van der Waals surface area (Å²) in [5.74, 6) is 0.544. The lowest BCUT2D eigenvalue weighted by molar-refractivity contribution is 0.0983. The van der Waals surface area contributed by atoms with E-state index in [4.69, 9.17) is 32.7 Å². The van der Waals surface area contributed by atoms with Crippen molar-refractivity contribution in [3.05, 3.63) is 40.6 Å². The summed E-state index contributed by atoms with van der Waals surface area (Å²) in [4.78, 5) is 22.3. The Morgan fingerprint density at radius 3 is 2.77 bits per heavy atom. The first-order valence-electron chi connectivity index (χ1n) is 8.09. The quantitative estimate of drug-likeness (QED) is 0.848. The van der Waals surface area contributed by atoms with Crippen LogP contribution in [0.4, 0.5) is 10.5 Å². The molecule has 2 aromatic rings. The van der Waals surface area contributed by atoms with E-state index < -0.39 is 0 Å². The standard InChI is InChI=1S/C17H18Cl2N4O3/c1-25-15-5-4-11(18)7-14(15)22-17(24)23-6-2-3-13(10-23)26-16-20-8-12(19)9-21-16/h4-5,7-9,13H,2-3,6,10H2,1H3,(H,22,24)/t13-/m1/s1. The molecule has 0 saturated carbocycles. The van der Waals surface area contributed by atoms with Crippen molar-refractivity contribution in [1.29, 1.82) is 0 Å². The number of piperidine rings is 1. The number of hydrogen-bond donors (Lipinski definition) is 1. The molecule has 0 spiro atoms. The number of ether oxygens (including phenoxy) is 2. The molecule has 7 nitrogen and oxygen atoms in total. The third-order valence-corrected chi connectivity index (χ3v) is 4.37. The van der Waals surface area contributed by atoms with Gasteiger partial charge in [-0.05, 0) is 31.0 Å². The summed E-state index contributed by atoms with van der Waals surface area (Å²) in [6, 6.07) is 5.07. The van der Waals surface area contributed by atoms with Crippen LogP contribution in [0, 0.1) is 0 Å². The number of rotatable bonds is 4. The number of hydrogen-bond acceptors (Lipinski definition) is 5. The van der Waals surface area contributed by atoms with Crippen LogP contribution in [0.1, 0.15) is 12.8 Å². The van der Waals surface area contributed by atoms with Crippen molar-refractivity contribution in [2.45, 2.75) is 18.9 Å². The molecule has 3 rings (SSSR count). The Kier molecular flexibility index (Phi) is 6.00. The zero-order valence-electron chi connectivity index (χ0n) is 14.1. The van der Waals surface area contributed by atoms with E-state index in [9.17, 15) is 4.79 Å². The average molecular weight is 397 g/mol. The molecule has 0 unspecified atom stereocenters. The third kappa shape index (κ3) is 4.68. The number of anilines is 1. The van der Waals surface area contributed by atoms with Crippen molar-refractivity contribution in [2.24, 2.45) is 0 Å². The molecule has 1 atom stereocenters. The third-order valence-electron chi connectivity index (χ3n) is 3.94. The number of nitrogens with one attached hydrogen (secondary N) is 1. The second-order valence-electron chi connectivity index (χ2n) is 5.79. The normalized spacial score (nSPS) is 16.9. The molecule has 2 heterocycles. The van der Waals surface area contributed by atoms with Crippen molar-refractivity contribution in [1.82, 2.24) is 14.9 Å². The second kappa shape index (κ2) is 8.42. The van der Waals surface area contributed by atoms with Gasteiger partial charge in [0, 0.05) is 11.6 Å². The van der Waals surface area contributed by atoms with Crippen molar-refractivity contribution in [2.75, 3.05) is 25.5 Å². The Bertz CT molecular complexity index is 773. The molecule has 1 aromatic heterocycles. The molecule has 138 valence electrons. The summed E-state index contributed by atoms with van der Waals surface area (Å²) in [6.07, 6.45) is 4.40. The van der Waals surface area contributed by atoms with Crippen molar-refractivity contribution < 1.29 is 14.3 Å². The molecular formula is C17H18Cl2N4O3. The number of nitrogens with zero attached hydrogens (tertiary/aromatic N) is 3. The van der Waals surface area contributed by atoms with Crippen LogP contribution in [0.15, 0.2) is 30.6 Å². The summed E-state index contributed by atoms with van der Waals surface area (Å²) in [5, 5.41) is 3.79. The van der Waals surface area contributed by atoms with Crippen LogP contribution in [0.5, 0.6) is 11.8 Å². The topological polar surface area (TPSA) is 76.6 Å². The van der Waals surface area contributed by atoms with Crippen LogP contribution in [0.3, 0.4) is 0 Å². The number of benzene rings is 1. The van der Waals surface area contributed by atoms with Gasteiger partial charge in [-0.25, -0.2) is 14.8 Å². The van der Waals surface area contributed by atoms with Gasteiger partial charge in [-0.3, -0.25) is 0 Å². The first-order chi connectivity index (χ1) is 12.5. The van der Waals surface area contributed by atoms with Crippen LogP contribution in [0.25, 0.3) is 0 Å². The van der Waals surface area contributed by atoms with E-state index >= 15 is 0 Å². The highest BCUT2D eigenvalue weighted by Gasteiger charge is 2.26. The van der Waals surface area contributed by atoms with E-state index in [-0.39, 0.29) is 18.1 Å². The van der Waals surface area contributed by atoms with Crippen LogP contribution >= 0.6 is 23.2 Å². The number of carbonyl (C=O) groups is 1. The Balaban J connectivity index is 1.62. The second-order valence-corrected chi connectivity index (χ2v) is 6.66. The van der Waals surface area contributed by atoms with Gasteiger partial charge in [0.05, 0.1) is 36.8 Å². The minimum atomic E-state index is -0.240. The molecule has 1 aliphatic heterocycles. The molecule has 0 radical (unpaired) electrons. The van der Waals surface area contributed by atoms with E-state index in [1.807, 2.05) is 0 Å². The lowest BCUT2D eigenvalue weighted by Gasteiger charge is -2.32. The molecule has 2 amide bonds.